The predicted molar refractivity (Wildman–Crippen MR) is 88.7 cm³/mol. The fourth-order valence-corrected chi connectivity index (χ4v) is 2.28. The molecular weight excluding hydrogens is 284 g/mol. The second-order valence-electron chi connectivity index (χ2n) is 4.62. The molecule has 0 fully saturated rings. The van der Waals surface area contributed by atoms with E-state index in [2.05, 4.69) is 18.2 Å². The smallest absolute Gasteiger partial charge is 0.119 e. The Morgan fingerprint density at radius 1 is 1.05 bits per heavy atom. The van der Waals surface area contributed by atoms with Gasteiger partial charge in [0.25, 0.3) is 0 Å². The van der Waals surface area contributed by atoms with Gasteiger partial charge in [-0.15, -0.1) is 11.6 Å². The first-order valence-corrected chi connectivity index (χ1v) is 7.52. The van der Waals surface area contributed by atoms with Crippen molar-refractivity contribution in [1.82, 2.24) is 0 Å². The van der Waals surface area contributed by atoms with E-state index in [1.807, 2.05) is 42.5 Å². The van der Waals surface area contributed by atoms with E-state index in [1.165, 1.54) is 11.1 Å². The minimum absolute atomic E-state index is 0.0233. The first-order chi connectivity index (χ1) is 10.3. The van der Waals surface area contributed by atoms with E-state index in [-0.39, 0.29) is 6.61 Å². The topological polar surface area (TPSA) is 29.5 Å². The van der Waals surface area contributed by atoms with Gasteiger partial charge in [-0.05, 0) is 35.3 Å². The van der Waals surface area contributed by atoms with Crippen LogP contribution in [0.3, 0.4) is 0 Å². The number of rotatable bonds is 7. The van der Waals surface area contributed by atoms with Crippen LogP contribution in [0, 0.1) is 0 Å². The first-order valence-electron chi connectivity index (χ1n) is 6.99. The molecule has 0 heterocycles. The number of allylic oxidation sites excluding steroid dienone is 1. The Morgan fingerprint density at radius 2 is 1.76 bits per heavy atom. The fourth-order valence-electron chi connectivity index (χ4n) is 2.08. The number of hydrogen-bond acceptors (Lipinski definition) is 2. The van der Waals surface area contributed by atoms with Gasteiger partial charge in [-0.25, -0.2) is 0 Å². The van der Waals surface area contributed by atoms with Gasteiger partial charge in [-0.3, -0.25) is 0 Å². The molecule has 0 unspecified atom stereocenters. The summed E-state index contributed by atoms with van der Waals surface area (Å²) >= 11 is 5.91. The molecule has 110 valence electrons. The second kappa shape index (κ2) is 8.50. The van der Waals surface area contributed by atoms with Gasteiger partial charge >= 0.3 is 0 Å². The molecule has 0 atom stereocenters. The van der Waals surface area contributed by atoms with E-state index < -0.39 is 0 Å². The van der Waals surface area contributed by atoms with Gasteiger partial charge in [0.1, 0.15) is 12.4 Å². The van der Waals surface area contributed by atoms with Gasteiger partial charge in [0.05, 0.1) is 6.61 Å². The van der Waals surface area contributed by atoms with Crippen molar-refractivity contribution in [3.63, 3.8) is 0 Å². The minimum Gasteiger partial charge on any atom is -0.491 e. The molecule has 0 spiro atoms. The van der Waals surface area contributed by atoms with E-state index in [1.54, 1.807) is 0 Å². The molecule has 3 heteroatoms. The van der Waals surface area contributed by atoms with Gasteiger partial charge in [0, 0.05) is 5.88 Å². The standard InChI is InChI=1S/C18H19ClO2/c19-11-10-17(16-4-2-1-3-5-16)14-15-6-8-18(9-7-15)21-13-12-20/h1-9,14,20H,10-13H2. The lowest BCUT2D eigenvalue weighted by Gasteiger charge is -2.07. The van der Waals surface area contributed by atoms with Crippen molar-refractivity contribution in [2.45, 2.75) is 6.42 Å². The predicted octanol–water partition coefficient (Wildman–Crippen LogP) is 4.23. The lowest BCUT2D eigenvalue weighted by Crippen LogP contribution is -2.01. The molecule has 21 heavy (non-hydrogen) atoms. The summed E-state index contributed by atoms with van der Waals surface area (Å²) in [5, 5.41) is 8.74. The zero-order valence-corrected chi connectivity index (χ0v) is 12.6. The molecule has 0 bridgehead atoms. The van der Waals surface area contributed by atoms with Crippen LogP contribution in [0.15, 0.2) is 54.6 Å². The summed E-state index contributed by atoms with van der Waals surface area (Å²) < 4.78 is 5.36. The highest BCUT2D eigenvalue weighted by Crippen LogP contribution is 2.23. The van der Waals surface area contributed by atoms with Crippen molar-refractivity contribution in [3.8, 4) is 5.75 Å². The van der Waals surface area contributed by atoms with Gasteiger partial charge in [-0.2, -0.15) is 0 Å². The van der Waals surface area contributed by atoms with Crippen molar-refractivity contribution in [1.29, 1.82) is 0 Å². The molecule has 0 aliphatic heterocycles. The maximum Gasteiger partial charge on any atom is 0.119 e. The average Bonchev–Trinajstić information content (AvgIpc) is 2.54. The molecule has 1 N–H and O–H groups in total. The Balaban J connectivity index is 2.18. The summed E-state index contributed by atoms with van der Waals surface area (Å²) in [5.41, 5.74) is 3.52. The SMILES string of the molecule is OCCOc1ccc(C=C(CCCl)c2ccccc2)cc1. The minimum atomic E-state index is 0.0233. The van der Waals surface area contributed by atoms with Gasteiger partial charge in [-0.1, -0.05) is 48.5 Å². The highest BCUT2D eigenvalue weighted by atomic mass is 35.5. The Hall–Kier alpha value is -1.77. The van der Waals surface area contributed by atoms with E-state index in [0.29, 0.717) is 12.5 Å². The van der Waals surface area contributed by atoms with Gasteiger partial charge in [0.2, 0.25) is 0 Å². The summed E-state index contributed by atoms with van der Waals surface area (Å²) in [6.45, 7) is 0.340. The maximum atomic E-state index is 8.74. The molecule has 0 aliphatic rings. The van der Waals surface area contributed by atoms with Crippen LogP contribution in [-0.2, 0) is 0 Å². The van der Waals surface area contributed by atoms with Crippen LogP contribution in [0.2, 0.25) is 0 Å². The molecule has 0 aliphatic carbocycles. The van der Waals surface area contributed by atoms with Crippen molar-refractivity contribution >= 4 is 23.3 Å². The van der Waals surface area contributed by atoms with E-state index >= 15 is 0 Å². The highest BCUT2D eigenvalue weighted by Gasteiger charge is 2.01. The van der Waals surface area contributed by atoms with Gasteiger partial charge < -0.3 is 9.84 Å². The largest absolute Gasteiger partial charge is 0.491 e. The normalized spacial score (nSPS) is 11.4. The van der Waals surface area contributed by atoms with Crippen molar-refractivity contribution < 1.29 is 9.84 Å². The molecule has 0 amide bonds. The van der Waals surface area contributed by atoms with Crippen LogP contribution in [0.5, 0.6) is 5.75 Å². The molecule has 2 aromatic carbocycles. The van der Waals surface area contributed by atoms with Gasteiger partial charge in [0.15, 0.2) is 0 Å². The van der Waals surface area contributed by atoms with Crippen LogP contribution in [0.1, 0.15) is 17.5 Å². The number of aliphatic hydroxyl groups excluding tert-OH is 1. The summed E-state index contributed by atoms with van der Waals surface area (Å²) in [6.07, 6.45) is 2.97. The Labute approximate surface area is 130 Å². The molecule has 0 saturated heterocycles. The lowest BCUT2D eigenvalue weighted by molar-refractivity contribution is 0.201. The van der Waals surface area contributed by atoms with E-state index in [0.717, 1.165) is 17.7 Å². The number of hydrogen-bond donors (Lipinski definition) is 1. The van der Waals surface area contributed by atoms with Crippen molar-refractivity contribution in [3.05, 3.63) is 65.7 Å². The van der Waals surface area contributed by atoms with Crippen LogP contribution in [0.25, 0.3) is 11.6 Å². The Bertz CT molecular complexity index is 562. The van der Waals surface area contributed by atoms with Crippen molar-refractivity contribution in [2.75, 3.05) is 19.1 Å². The lowest BCUT2D eigenvalue weighted by atomic mass is 10.0. The van der Waals surface area contributed by atoms with E-state index in [9.17, 15) is 0 Å². The third-order valence-electron chi connectivity index (χ3n) is 3.09. The number of aliphatic hydroxyl groups is 1. The van der Waals surface area contributed by atoms with Crippen LogP contribution >= 0.6 is 11.6 Å². The zero-order valence-electron chi connectivity index (χ0n) is 11.8. The molecule has 2 nitrogen and oxygen atoms in total. The third-order valence-corrected chi connectivity index (χ3v) is 3.28. The first kappa shape index (κ1) is 15.6. The van der Waals surface area contributed by atoms with E-state index in [4.69, 9.17) is 21.4 Å². The molecule has 0 radical (unpaired) electrons. The number of ether oxygens (including phenoxy) is 1. The average molecular weight is 303 g/mol. The summed E-state index contributed by atoms with van der Waals surface area (Å²) in [4.78, 5) is 0. The van der Waals surface area contributed by atoms with Crippen LogP contribution < -0.4 is 4.74 Å². The Morgan fingerprint density at radius 3 is 2.38 bits per heavy atom. The van der Waals surface area contributed by atoms with Crippen molar-refractivity contribution in [2.24, 2.45) is 0 Å². The second-order valence-corrected chi connectivity index (χ2v) is 4.99. The molecule has 0 aromatic heterocycles. The molecule has 0 saturated carbocycles. The highest BCUT2D eigenvalue weighted by molar-refractivity contribution is 6.18. The number of alkyl halides is 1. The summed E-state index contributed by atoms with van der Waals surface area (Å²) in [6, 6.07) is 18.1. The monoisotopic (exact) mass is 302 g/mol. The Kier molecular flexibility index (Phi) is 6.32. The molecule has 2 rings (SSSR count). The zero-order chi connectivity index (χ0) is 14.9. The fraction of sp³-hybridized carbons (Fsp3) is 0.222. The van der Waals surface area contributed by atoms with Crippen LogP contribution in [0.4, 0.5) is 0 Å². The molecule has 2 aromatic rings. The number of benzene rings is 2. The molecular formula is C18H19ClO2. The summed E-state index contributed by atoms with van der Waals surface area (Å²) in [7, 11) is 0. The quantitative estimate of drug-likeness (QED) is 0.613. The summed E-state index contributed by atoms with van der Waals surface area (Å²) in [5.74, 6) is 1.36. The number of halogens is 1. The maximum absolute atomic E-state index is 8.74. The third kappa shape index (κ3) is 4.92. The van der Waals surface area contributed by atoms with Crippen LogP contribution in [-0.4, -0.2) is 24.2 Å².